The van der Waals surface area contributed by atoms with E-state index < -0.39 is 0 Å². The van der Waals surface area contributed by atoms with Crippen LogP contribution in [0.15, 0.2) is 36.4 Å². The molecule has 2 aliphatic carbocycles. The molecular weight excluding hydrogens is 312 g/mol. The minimum absolute atomic E-state index is 0.0187. The number of methoxy groups -OCH3 is 1. The fraction of sp³-hybridized carbons (Fsp3) is 0.571. The Morgan fingerprint density at radius 1 is 1.36 bits per heavy atom. The average Bonchev–Trinajstić information content (AvgIpc) is 3.29. The van der Waals surface area contributed by atoms with Crippen LogP contribution in [0.3, 0.4) is 0 Å². The molecule has 6 atom stereocenters. The predicted molar refractivity (Wildman–Crippen MR) is 95.3 cm³/mol. The maximum atomic E-state index is 12.9. The second-order valence-corrected chi connectivity index (χ2v) is 8.67. The molecule has 3 fully saturated rings. The second kappa shape index (κ2) is 4.12. The van der Waals surface area contributed by atoms with Crippen LogP contribution in [-0.4, -0.2) is 42.6 Å². The van der Waals surface area contributed by atoms with Crippen molar-refractivity contribution in [2.45, 2.75) is 36.8 Å². The molecule has 0 unspecified atom stereocenters. The zero-order chi connectivity index (χ0) is 17.0. The molecule has 0 aromatic heterocycles. The SMILES string of the molecule is COC(=O)[C@@H]1C[C@@]23C=CCN4CC[C@]5(c6ccccc6N[C@@]15[C@@H]2C)[C@@H]43. The van der Waals surface area contributed by atoms with E-state index in [1.54, 1.807) is 0 Å². The number of esters is 1. The lowest BCUT2D eigenvalue weighted by atomic mass is 9.57. The summed E-state index contributed by atoms with van der Waals surface area (Å²) < 4.78 is 5.30. The van der Waals surface area contributed by atoms with E-state index in [4.69, 9.17) is 4.74 Å². The predicted octanol–water partition coefficient (Wildman–Crippen LogP) is 2.56. The fourth-order valence-corrected chi connectivity index (χ4v) is 7.93. The molecule has 4 nitrogen and oxygen atoms in total. The highest BCUT2D eigenvalue weighted by Crippen LogP contribution is 2.78. The Balaban J connectivity index is 1.69. The molecule has 1 aromatic rings. The van der Waals surface area contributed by atoms with Crippen LogP contribution in [0.5, 0.6) is 0 Å². The molecule has 25 heavy (non-hydrogen) atoms. The number of hydrogen-bond acceptors (Lipinski definition) is 4. The van der Waals surface area contributed by atoms with Gasteiger partial charge in [-0.2, -0.15) is 0 Å². The molecule has 1 saturated heterocycles. The molecule has 3 spiro atoms. The molecular formula is C21H24N2O2. The number of fused-ring (bicyclic) bond motifs is 1. The van der Waals surface area contributed by atoms with Gasteiger partial charge in [-0.3, -0.25) is 9.69 Å². The quantitative estimate of drug-likeness (QED) is 0.632. The molecule has 5 aliphatic rings. The summed E-state index contributed by atoms with van der Waals surface area (Å²) in [6.07, 6.45) is 6.83. The minimum Gasteiger partial charge on any atom is -0.469 e. The number of anilines is 1. The lowest BCUT2D eigenvalue weighted by Gasteiger charge is -2.50. The number of hydrogen-bond donors (Lipinski definition) is 1. The van der Waals surface area contributed by atoms with Gasteiger partial charge in [0.15, 0.2) is 0 Å². The highest BCUT2D eigenvalue weighted by atomic mass is 16.5. The van der Waals surface area contributed by atoms with Crippen LogP contribution < -0.4 is 5.32 Å². The van der Waals surface area contributed by atoms with E-state index in [2.05, 4.69) is 53.6 Å². The molecule has 6 rings (SSSR count). The lowest BCUT2D eigenvalue weighted by Crippen LogP contribution is -2.63. The molecule has 2 bridgehead atoms. The van der Waals surface area contributed by atoms with Gasteiger partial charge in [0.2, 0.25) is 0 Å². The third-order valence-corrected chi connectivity index (χ3v) is 8.47. The summed E-state index contributed by atoms with van der Waals surface area (Å²) in [6.45, 7) is 4.53. The van der Waals surface area contributed by atoms with E-state index in [-0.39, 0.29) is 28.3 Å². The van der Waals surface area contributed by atoms with Crippen LogP contribution in [0.25, 0.3) is 0 Å². The molecule has 1 N–H and O–H groups in total. The Labute approximate surface area is 148 Å². The van der Waals surface area contributed by atoms with Gasteiger partial charge in [0, 0.05) is 29.1 Å². The molecule has 3 heterocycles. The second-order valence-electron chi connectivity index (χ2n) is 8.67. The number of carbonyl (C=O) groups excluding carboxylic acids is 1. The Bertz CT molecular complexity index is 835. The van der Waals surface area contributed by atoms with Crippen molar-refractivity contribution in [1.82, 2.24) is 4.90 Å². The molecule has 4 heteroatoms. The van der Waals surface area contributed by atoms with Crippen molar-refractivity contribution in [2.24, 2.45) is 17.3 Å². The summed E-state index contributed by atoms with van der Waals surface area (Å²) in [5.74, 6) is 0.277. The van der Waals surface area contributed by atoms with Crippen LogP contribution in [0.2, 0.25) is 0 Å². The Morgan fingerprint density at radius 3 is 3.04 bits per heavy atom. The average molecular weight is 336 g/mol. The van der Waals surface area contributed by atoms with E-state index in [1.165, 1.54) is 18.4 Å². The van der Waals surface area contributed by atoms with Gasteiger partial charge in [0.05, 0.1) is 18.6 Å². The Kier molecular flexibility index (Phi) is 2.37. The summed E-state index contributed by atoms with van der Waals surface area (Å²) in [4.78, 5) is 15.6. The van der Waals surface area contributed by atoms with Gasteiger partial charge in [-0.05, 0) is 36.9 Å². The minimum atomic E-state index is -0.224. The Hall–Kier alpha value is -1.81. The van der Waals surface area contributed by atoms with Crippen molar-refractivity contribution >= 4 is 11.7 Å². The zero-order valence-electron chi connectivity index (χ0n) is 14.8. The zero-order valence-corrected chi connectivity index (χ0v) is 14.8. The highest BCUT2D eigenvalue weighted by Gasteiger charge is 2.85. The van der Waals surface area contributed by atoms with Gasteiger partial charge in [-0.1, -0.05) is 37.3 Å². The lowest BCUT2D eigenvalue weighted by molar-refractivity contribution is -0.149. The molecule has 1 aromatic carbocycles. The third-order valence-electron chi connectivity index (χ3n) is 8.47. The van der Waals surface area contributed by atoms with Crippen LogP contribution in [-0.2, 0) is 14.9 Å². The van der Waals surface area contributed by atoms with Gasteiger partial charge in [-0.25, -0.2) is 0 Å². The molecule has 3 aliphatic heterocycles. The van der Waals surface area contributed by atoms with Crippen molar-refractivity contribution in [2.75, 3.05) is 25.5 Å². The van der Waals surface area contributed by atoms with Gasteiger partial charge in [0.25, 0.3) is 0 Å². The van der Waals surface area contributed by atoms with Crippen molar-refractivity contribution in [3.8, 4) is 0 Å². The van der Waals surface area contributed by atoms with Crippen LogP contribution >= 0.6 is 0 Å². The van der Waals surface area contributed by atoms with Gasteiger partial charge in [-0.15, -0.1) is 0 Å². The number of benzene rings is 1. The largest absolute Gasteiger partial charge is 0.469 e. The van der Waals surface area contributed by atoms with Crippen molar-refractivity contribution < 1.29 is 9.53 Å². The van der Waals surface area contributed by atoms with E-state index in [0.29, 0.717) is 12.0 Å². The van der Waals surface area contributed by atoms with E-state index in [0.717, 1.165) is 25.9 Å². The number of rotatable bonds is 1. The van der Waals surface area contributed by atoms with Crippen molar-refractivity contribution in [3.63, 3.8) is 0 Å². The first-order chi connectivity index (χ1) is 12.1. The first kappa shape index (κ1) is 14.4. The number of ether oxygens (including phenoxy) is 1. The van der Waals surface area contributed by atoms with Crippen molar-refractivity contribution in [3.05, 3.63) is 42.0 Å². The number of nitrogens with one attached hydrogen (secondary N) is 1. The van der Waals surface area contributed by atoms with Gasteiger partial charge >= 0.3 is 5.97 Å². The van der Waals surface area contributed by atoms with Crippen LogP contribution in [0, 0.1) is 17.3 Å². The summed E-state index contributed by atoms with van der Waals surface area (Å²) in [6, 6.07) is 9.25. The topological polar surface area (TPSA) is 41.6 Å². The summed E-state index contributed by atoms with van der Waals surface area (Å²) >= 11 is 0. The van der Waals surface area contributed by atoms with Crippen LogP contribution in [0.1, 0.15) is 25.3 Å². The number of nitrogens with zero attached hydrogens (tertiary/aromatic N) is 1. The summed E-state index contributed by atoms with van der Waals surface area (Å²) in [7, 11) is 1.54. The first-order valence-electron chi connectivity index (χ1n) is 9.49. The molecule has 0 radical (unpaired) electrons. The fourth-order valence-electron chi connectivity index (χ4n) is 7.93. The van der Waals surface area contributed by atoms with Gasteiger partial charge in [0.1, 0.15) is 0 Å². The standard InChI is InChI=1S/C21H24N2O2/c1-13-19-8-5-10-23-11-9-20(18(19)23)14-6-3-4-7-16(14)22-21(13,20)15(12-19)17(24)25-2/h3-8,13,15,18,22H,9-12H2,1-2H3/t13-,15+,18+,19+,20+,21+/m1/s1. The maximum absolute atomic E-state index is 12.9. The first-order valence-corrected chi connectivity index (χ1v) is 9.49. The Morgan fingerprint density at radius 2 is 2.20 bits per heavy atom. The monoisotopic (exact) mass is 336 g/mol. The van der Waals surface area contributed by atoms with Gasteiger partial charge < -0.3 is 10.1 Å². The number of carbonyl (C=O) groups is 1. The van der Waals surface area contributed by atoms with E-state index in [1.807, 2.05) is 0 Å². The normalized spacial score (nSPS) is 48.0. The molecule has 2 saturated carbocycles. The molecule has 130 valence electrons. The molecule has 0 amide bonds. The van der Waals surface area contributed by atoms with E-state index in [9.17, 15) is 4.79 Å². The smallest absolute Gasteiger partial charge is 0.311 e. The van der Waals surface area contributed by atoms with E-state index >= 15 is 0 Å². The third kappa shape index (κ3) is 1.19. The van der Waals surface area contributed by atoms with Crippen LogP contribution in [0.4, 0.5) is 5.69 Å². The van der Waals surface area contributed by atoms with Crippen molar-refractivity contribution in [1.29, 1.82) is 0 Å². The number of para-hydroxylation sites is 1. The summed E-state index contributed by atoms with van der Waals surface area (Å²) in [5.41, 5.74) is 2.53. The maximum Gasteiger partial charge on any atom is 0.311 e. The summed E-state index contributed by atoms with van der Waals surface area (Å²) in [5, 5.41) is 3.92. The highest BCUT2D eigenvalue weighted by molar-refractivity contribution is 5.82.